The maximum Gasteiger partial charge on any atom is 0.349 e. The lowest BCUT2D eigenvalue weighted by Crippen LogP contribution is -2.56. The van der Waals surface area contributed by atoms with Gasteiger partial charge in [-0.05, 0) is 43.7 Å². The summed E-state index contributed by atoms with van der Waals surface area (Å²) >= 11 is 0. The number of amides is 4. The number of nitriles is 1. The maximum absolute atomic E-state index is 15.2. The summed E-state index contributed by atoms with van der Waals surface area (Å²) in [6.45, 7) is 5.37. The lowest BCUT2D eigenvalue weighted by molar-refractivity contribution is -0.150. The number of hydrogen-bond donors (Lipinski definition) is 3. The van der Waals surface area contributed by atoms with Crippen molar-refractivity contribution in [1.29, 1.82) is 5.26 Å². The number of benzene rings is 2. The topological polar surface area (TPSA) is 166 Å². The third-order valence-corrected chi connectivity index (χ3v) is 9.07. The molecule has 15 heteroatoms. The van der Waals surface area contributed by atoms with Crippen LogP contribution >= 0.6 is 0 Å². The van der Waals surface area contributed by atoms with Crippen molar-refractivity contribution in [3.8, 4) is 6.07 Å². The predicted molar refractivity (Wildman–Crippen MR) is 158 cm³/mol. The minimum atomic E-state index is -4.09. The van der Waals surface area contributed by atoms with Crippen LogP contribution < -0.4 is 16.0 Å². The SMILES string of the molecule is CCC(=O)N[C@@H](C(=O)N1CCS(=O)(=O)CC1)[C@@H](C)c1ccc(NC(=O)C(C)(C)NC(=O)C(F)(F)c2cccc(C#N)c2)c(F)c1. The van der Waals surface area contributed by atoms with E-state index in [4.69, 9.17) is 5.26 Å². The Balaban J connectivity index is 1.76. The second kappa shape index (κ2) is 13.7. The maximum atomic E-state index is 15.2. The first kappa shape index (κ1) is 35.0. The van der Waals surface area contributed by atoms with E-state index in [1.54, 1.807) is 19.9 Å². The van der Waals surface area contributed by atoms with Gasteiger partial charge in [-0.1, -0.05) is 32.0 Å². The van der Waals surface area contributed by atoms with Crippen LogP contribution in [-0.4, -0.2) is 73.1 Å². The van der Waals surface area contributed by atoms with Gasteiger partial charge in [0.2, 0.25) is 17.7 Å². The number of carbonyl (C=O) groups excluding carboxylic acids is 4. The van der Waals surface area contributed by atoms with E-state index in [9.17, 15) is 36.4 Å². The molecule has 4 amide bonds. The molecule has 1 aliphatic rings. The molecule has 2 aromatic rings. The molecule has 0 aromatic heterocycles. The van der Waals surface area contributed by atoms with Crippen molar-refractivity contribution in [1.82, 2.24) is 15.5 Å². The fourth-order valence-electron chi connectivity index (χ4n) is 4.53. The number of hydrogen-bond acceptors (Lipinski definition) is 7. The van der Waals surface area contributed by atoms with Crippen LogP contribution in [-0.2, 0) is 34.9 Å². The fraction of sp³-hybridized carbons (Fsp3) is 0.433. The Morgan fingerprint density at radius 2 is 1.69 bits per heavy atom. The zero-order chi connectivity index (χ0) is 33.7. The van der Waals surface area contributed by atoms with Gasteiger partial charge in [-0.3, -0.25) is 19.2 Å². The molecule has 1 fully saturated rings. The second-order valence-electron chi connectivity index (χ2n) is 11.2. The lowest BCUT2D eigenvalue weighted by Gasteiger charge is -2.33. The number of alkyl halides is 2. The summed E-state index contributed by atoms with van der Waals surface area (Å²) in [4.78, 5) is 52.4. The lowest BCUT2D eigenvalue weighted by atomic mass is 9.91. The standard InChI is InChI=1S/C30H34F3N5O6S/c1-5-24(39)36-25(26(40)38-11-13-45(43,44)14-12-38)18(2)20-9-10-23(22(31)16-20)35-27(41)29(3,4)37-28(42)30(32,33)21-8-6-7-19(15-21)17-34/h6-10,15-16,18,25H,5,11-14H2,1-4H3,(H,35,41)(H,36,39)(H,37,42)/t18-,25+/m0/s1. The molecular formula is C30H34F3N5O6S. The number of anilines is 1. The molecule has 45 heavy (non-hydrogen) atoms. The molecule has 11 nitrogen and oxygen atoms in total. The molecular weight excluding hydrogens is 615 g/mol. The van der Waals surface area contributed by atoms with Crippen LogP contribution in [0.1, 0.15) is 56.7 Å². The number of rotatable bonds is 10. The van der Waals surface area contributed by atoms with E-state index < -0.39 is 68.3 Å². The number of carbonyl (C=O) groups is 4. The number of sulfone groups is 1. The van der Waals surface area contributed by atoms with Crippen LogP contribution in [0.25, 0.3) is 0 Å². The molecule has 0 radical (unpaired) electrons. The normalized spacial score (nSPS) is 16.1. The molecule has 3 rings (SSSR count). The monoisotopic (exact) mass is 649 g/mol. The van der Waals surface area contributed by atoms with Gasteiger partial charge in [0, 0.05) is 31.0 Å². The van der Waals surface area contributed by atoms with E-state index >= 15 is 4.39 Å². The van der Waals surface area contributed by atoms with Gasteiger partial charge in [-0.25, -0.2) is 12.8 Å². The van der Waals surface area contributed by atoms with E-state index in [1.807, 2.05) is 5.32 Å². The largest absolute Gasteiger partial charge is 0.349 e. The molecule has 0 spiro atoms. The van der Waals surface area contributed by atoms with Crippen molar-refractivity contribution in [2.45, 2.75) is 57.5 Å². The highest BCUT2D eigenvalue weighted by molar-refractivity contribution is 7.91. The van der Waals surface area contributed by atoms with Crippen LogP contribution in [0.3, 0.4) is 0 Å². The Labute approximate surface area is 259 Å². The molecule has 2 atom stereocenters. The minimum absolute atomic E-state index is 0.0454. The van der Waals surface area contributed by atoms with Gasteiger partial charge in [0.05, 0.1) is 28.8 Å². The van der Waals surface area contributed by atoms with Crippen molar-refractivity contribution in [3.05, 3.63) is 65.0 Å². The van der Waals surface area contributed by atoms with E-state index in [2.05, 4.69) is 10.6 Å². The van der Waals surface area contributed by atoms with Gasteiger partial charge in [-0.15, -0.1) is 0 Å². The Bertz CT molecular complexity index is 1630. The molecule has 1 saturated heterocycles. The second-order valence-corrected chi connectivity index (χ2v) is 13.5. The van der Waals surface area contributed by atoms with Gasteiger partial charge in [-0.2, -0.15) is 14.0 Å². The van der Waals surface area contributed by atoms with Crippen molar-refractivity contribution in [2.75, 3.05) is 29.9 Å². The Hall–Kier alpha value is -4.45. The smallest absolute Gasteiger partial charge is 0.344 e. The average Bonchev–Trinajstić information content (AvgIpc) is 2.99. The molecule has 0 unspecified atom stereocenters. The van der Waals surface area contributed by atoms with Gasteiger partial charge in [0.15, 0.2) is 9.84 Å². The van der Waals surface area contributed by atoms with Crippen LogP contribution in [0.2, 0.25) is 0 Å². The molecule has 3 N–H and O–H groups in total. The van der Waals surface area contributed by atoms with E-state index in [1.165, 1.54) is 29.2 Å². The Morgan fingerprint density at radius 1 is 1.04 bits per heavy atom. The number of halogens is 3. The van der Waals surface area contributed by atoms with Crippen molar-refractivity contribution in [2.24, 2.45) is 0 Å². The number of nitrogens with zero attached hydrogens (tertiary/aromatic N) is 2. The highest BCUT2D eigenvalue weighted by atomic mass is 32.2. The highest BCUT2D eigenvalue weighted by Gasteiger charge is 2.45. The van der Waals surface area contributed by atoms with Crippen molar-refractivity contribution in [3.63, 3.8) is 0 Å². The molecule has 0 aliphatic carbocycles. The number of nitrogens with one attached hydrogen (secondary N) is 3. The molecule has 1 aliphatic heterocycles. The first-order valence-electron chi connectivity index (χ1n) is 14.0. The Morgan fingerprint density at radius 3 is 2.27 bits per heavy atom. The fourth-order valence-corrected chi connectivity index (χ4v) is 5.73. The quantitative estimate of drug-likeness (QED) is 0.356. The molecule has 1 heterocycles. The first-order valence-corrected chi connectivity index (χ1v) is 15.8. The molecule has 0 bridgehead atoms. The zero-order valence-electron chi connectivity index (χ0n) is 25.1. The minimum Gasteiger partial charge on any atom is -0.344 e. The van der Waals surface area contributed by atoms with Gasteiger partial charge < -0.3 is 20.9 Å². The summed E-state index contributed by atoms with van der Waals surface area (Å²) in [5.41, 5.74) is -2.83. The summed E-state index contributed by atoms with van der Waals surface area (Å²) in [5.74, 6) is -10.0. The molecule has 2 aromatic carbocycles. The third kappa shape index (κ3) is 8.39. The molecule has 0 saturated carbocycles. The summed E-state index contributed by atoms with van der Waals surface area (Å²) in [5, 5.41) is 15.8. The summed E-state index contributed by atoms with van der Waals surface area (Å²) in [6, 6.07) is 8.51. The zero-order valence-corrected chi connectivity index (χ0v) is 25.9. The summed E-state index contributed by atoms with van der Waals surface area (Å²) < 4.78 is 68.6. The van der Waals surface area contributed by atoms with Gasteiger partial charge in [0.25, 0.3) is 5.91 Å². The summed E-state index contributed by atoms with van der Waals surface area (Å²) in [7, 11) is -3.27. The highest BCUT2D eigenvalue weighted by Crippen LogP contribution is 2.30. The molecule has 242 valence electrons. The van der Waals surface area contributed by atoms with E-state index in [-0.39, 0.29) is 47.8 Å². The summed E-state index contributed by atoms with van der Waals surface area (Å²) in [6.07, 6.45) is 0.0642. The third-order valence-electron chi connectivity index (χ3n) is 7.46. The van der Waals surface area contributed by atoms with E-state index in [0.29, 0.717) is 0 Å². The van der Waals surface area contributed by atoms with Gasteiger partial charge >= 0.3 is 5.92 Å². The van der Waals surface area contributed by atoms with Crippen LogP contribution in [0.4, 0.5) is 18.9 Å². The van der Waals surface area contributed by atoms with Crippen LogP contribution in [0, 0.1) is 17.1 Å². The first-order chi connectivity index (χ1) is 20.9. The van der Waals surface area contributed by atoms with Crippen molar-refractivity contribution >= 4 is 39.2 Å². The van der Waals surface area contributed by atoms with Crippen molar-refractivity contribution < 1.29 is 40.8 Å². The van der Waals surface area contributed by atoms with Gasteiger partial charge in [0.1, 0.15) is 17.4 Å². The van der Waals surface area contributed by atoms with E-state index in [0.717, 1.165) is 32.0 Å². The Kier molecular flexibility index (Phi) is 10.6. The predicted octanol–water partition coefficient (Wildman–Crippen LogP) is 2.58. The van der Waals surface area contributed by atoms with Crippen LogP contribution in [0.15, 0.2) is 42.5 Å². The van der Waals surface area contributed by atoms with Crippen LogP contribution in [0.5, 0.6) is 0 Å². The average molecular weight is 650 g/mol.